The Labute approximate surface area is 239 Å². The molecule has 5 aromatic rings. The van der Waals surface area contributed by atoms with Gasteiger partial charge in [-0.25, -0.2) is 4.98 Å². The second kappa shape index (κ2) is 12.1. The molecular weight excluding hydrogens is 512 g/mol. The summed E-state index contributed by atoms with van der Waals surface area (Å²) < 4.78 is 1.89. The number of carbonyl (C=O) groups is 2. The van der Waals surface area contributed by atoms with Crippen molar-refractivity contribution < 1.29 is 14.7 Å². The third kappa shape index (κ3) is 6.30. The molecule has 1 amide bonds. The Hall–Kier alpha value is -4.91. The van der Waals surface area contributed by atoms with Crippen LogP contribution < -0.4 is 10.6 Å². The zero-order chi connectivity index (χ0) is 28.9. The molecule has 0 saturated carbocycles. The maximum absolute atomic E-state index is 13.7. The highest BCUT2D eigenvalue weighted by Crippen LogP contribution is 2.32. The lowest BCUT2D eigenvalue weighted by Crippen LogP contribution is -2.30. The number of aromatic nitrogens is 2. The van der Waals surface area contributed by atoms with Crippen molar-refractivity contribution in [3.63, 3.8) is 0 Å². The molecule has 0 radical (unpaired) electrons. The largest absolute Gasteiger partial charge is 0.481 e. The molecule has 2 aromatic heterocycles. The van der Waals surface area contributed by atoms with Gasteiger partial charge < -0.3 is 15.7 Å². The normalized spacial score (nSPS) is 11.9. The average molecular weight is 547 g/mol. The Balaban J connectivity index is 1.55. The molecule has 1 atom stereocenters. The molecule has 5 rings (SSSR count). The van der Waals surface area contributed by atoms with Crippen LogP contribution in [0.3, 0.4) is 0 Å². The van der Waals surface area contributed by atoms with Gasteiger partial charge in [-0.05, 0) is 41.7 Å². The van der Waals surface area contributed by atoms with Gasteiger partial charge >= 0.3 is 5.97 Å². The summed E-state index contributed by atoms with van der Waals surface area (Å²) in [4.78, 5) is 30.3. The number of anilines is 1. The zero-order valence-electron chi connectivity index (χ0n) is 23.5. The van der Waals surface area contributed by atoms with E-state index in [9.17, 15) is 14.7 Å². The molecule has 0 aliphatic carbocycles. The molecule has 7 heteroatoms. The standard InChI is InChI=1S/C34H34N4O3/c1-22(2)25-14-16-26(17-15-25)31-33(35-21-24-10-5-4-6-11-24)38-18-8-13-28(32(38)37-31)34(41)36-29(20-30(39)40)27-12-7-9-23(3)19-27/h4-19,22,29,35H,20-21H2,1-3H3,(H,36,41)(H,39,40). The number of nitrogens with one attached hydrogen (secondary N) is 2. The molecule has 0 fully saturated rings. The first kappa shape index (κ1) is 27.6. The van der Waals surface area contributed by atoms with Crippen molar-refractivity contribution in [3.05, 3.63) is 125 Å². The van der Waals surface area contributed by atoms with Crippen molar-refractivity contribution in [1.29, 1.82) is 0 Å². The Morgan fingerprint density at radius 2 is 1.66 bits per heavy atom. The van der Waals surface area contributed by atoms with Crippen molar-refractivity contribution >= 4 is 23.3 Å². The van der Waals surface area contributed by atoms with Gasteiger partial charge in [0.05, 0.1) is 18.0 Å². The third-order valence-corrected chi connectivity index (χ3v) is 7.18. The molecule has 0 spiro atoms. The van der Waals surface area contributed by atoms with Gasteiger partial charge in [-0.15, -0.1) is 0 Å². The van der Waals surface area contributed by atoms with E-state index in [4.69, 9.17) is 4.98 Å². The molecule has 7 nitrogen and oxygen atoms in total. The molecule has 1 unspecified atom stereocenters. The third-order valence-electron chi connectivity index (χ3n) is 7.18. The maximum Gasteiger partial charge on any atom is 0.305 e. The lowest BCUT2D eigenvalue weighted by molar-refractivity contribution is -0.137. The van der Waals surface area contributed by atoms with Crippen molar-refractivity contribution in [2.24, 2.45) is 0 Å². The number of amides is 1. The highest BCUT2D eigenvalue weighted by molar-refractivity contribution is 6.01. The minimum absolute atomic E-state index is 0.232. The number of nitrogens with zero attached hydrogens (tertiary/aromatic N) is 2. The molecular formula is C34H34N4O3. The Morgan fingerprint density at radius 3 is 2.34 bits per heavy atom. The number of pyridine rings is 1. The number of carboxylic acid groups (broad SMARTS) is 1. The Kier molecular flexibility index (Phi) is 8.15. The van der Waals surface area contributed by atoms with Crippen LogP contribution in [0.25, 0.3) is 16.9 Å². The molecule has 0 bridgehead atoms. The number of hydrogen-bond acceptors (Lipinski definition) is 4. The summed E-state index contributed by atoms with van der Waals surface area (Å²) in [7, 11) is 0. The van der Waals surface area contributed by atoms with E-state index in [0.717, 1.165) is 33.8 Å². The number of hydrogen-bond donors (Lipinski definition) is 3. The number of carboxylic acids is 1. The van der Waals surface area contributed by atoms with Gasteiger partial charge in [0, 0.05) is 18.3 Å². The molecule has 0 aliphatic rings. The summed E-state index contributed by atoms with van der Waals surface area (Å²) in [5.74, 6) is -0.195. The summed E-state index contributed by atoms with van der Waals surface area (Å²) in [6.07, 6.45) is 1.65. The number of aliphatic carboxylic acids is 1. The maximum atomic E-state index is 13.7. The first-order valence-corrected chi connectivity index (χ1v) is 13.8. The highest BCUT2D eigenvalue weighted by atomic mass is 16.4. The van der Waals surface area contributed by atoms with Crippen LogP contribution in [-0.2, 0) is 11.3 Å². The number of aryl methyl sites for hydroxylation is 1. The molecule has 41 heavy (non-hydrogen) atoms. The van der Waals surface area contributed by atoms with E-state index in [1.54, 1.807) is 6.07 Å². The number of benzene rings is 3. The average Bonchev–Trinajstić information content (AvgIpc) is 3.34. The predicted octanol–water partition coefficient (Wildman–Crippen LogP) is 6.99. The lowest BCUT2D eigenvalue weighted by Gasteiger charge is -2.18. The van der Waals surface area contributed by atoms with Crippen molar-refractivity contribution in [1.82, 2.24) is 14.7 Å². The molecule has 0 saturated heterocycles. The van der Waals surface area contributed by atoms with Gasteiger partial charge in [0.15, 0.2) is 5.65 Å². The second-order valence-electron chi connectivity index (χ2n) is 10.6. The fraction of sp³-hybridized carbons (Fsp3) is 0.206. The molecule has 2 heterocycles. The molecule has 3 N–H and O–H groups in total. The van der Waals surface area contributed by atoms with Crippen LogP contribution in [0.4, 0.5) is 5.82 Å². The van der Waals surface area contributed by atoms with E-state index in [1.165, 1.54) is 5.56 Å². The van der Waals surface area contributed by atoms with Gasteiger partial charge in [0.2, 0.25) is 0 Å². The minimum atomic E-state index is -0.990. The topological polar surface area (TPSA) is 95.7 Å². The van der Waals surface area contributed by atoms with E-state index < -0.39 is 12.0 Å². The van der Waals surface area contributed by atoms with E-state index in [1.807, 2.05) is 66.1 Å². The van der Waals surface area contributed by atoms with Crippen LogP contribution in [0.15, 0.2) is 97.2 Å². The molecule has 3 aromatic carbocycles. The van der Waals surface area contributed by atoms with Crippen molar-refractivity contribution in [3.8, 4) is 11.3 Å². The van der Waals surface area contributed by atoms with Crippen LogP contribution >= 0.6 is 0 Å². The van der Waals surface area contributed by atoms with E-state index >= 15 is 0 Å². The number of rotatable bonds is 10. The summed E-state index contributed by atoms with van der Waals surface area (Å²) in [5.41, 5.74) is 6.60. The zero-order valence-corrected chi connectivity index (χ0v) is 23.5. The fourth-order valence-electron chi connectivity index (χ4n) is 4.97. The SMILES string of the molecule is Cc1cccc(C(CC(=O)O)NC(=O)c2cccn3c(NCc4ccccc4)c(-c4ccc(C(C)C)cc4)nc23)c1. The Bertz CT molecular complexity index is 1670. The van der Waals surface area contributed by atoms with E-state index in [0.29, 0.717) is 23.7 Å². The first-order valence-electron chi connectivity index (χ1n) is 13.8. The smallest absolute Gasteiger partial charge is 0.305 e. The van der Waals surface area contributed by atoms with E-state index in [2.05, 4.69) is 60.9 Å². The minimum Gasteiger partial charge on any atom is -0.481 e. The molecule has 208 valence electrons. The number of imidazole rings is 1. The van der Waals surface area contributed by atoms with Gasteiger partial charge in [0.25, 0.3) is 5.91 Å². The monoisotopic (exact) mass is 546 g/mol. The van der Waals surface area contributed by atoms with Crippen LogP contribution in [0.1, 0.15) is 64.8 Å². The second-order valence-corrected chi connectivity index (χ2v) is 10.6. The number of fused-ring (bicyclic) bond motifs is 1. The van der Waals surface area contributed by atoms with Gasteiger partial charge in [-0.2, -0.15) is 0 Å². The fourth-order valence-corrected chi connectivity index (χ4v) is 4.97. The summed E-state index contributed by atoms with van der Waals surface area (Å²) in [6, 6.07) is 28.8. The number of carbonyl (C=O) groups excluding carboxylic acids is 1. The summed E-state index contributed by atoms with van der Waals surface area (Å²) in [6.45, 7) is 6.84. The van der Waals surface area contributed by atoms with Crippen LogP contribution in [-0.4, -0.2) is 26.4 Å². The molecule has 0 aliphatic heterocycles. The quantitative estimate of drug-likeness (QED) is 0.175. The van der Waals surface area contributed by atoms with Crippen LogP contribution in [0.5, 0.6) is 0 Å². The van der Waals surface area contributed by atoms with Gasteiger partial charge in [-0.3, -0.25) is 14.0 Å². The van der Waals surface area contributed by atoms with Crippen LogP contribution in [0.2, 0.25) is 0 Å². The van der Waals surface area contributed by atoms with Gasteiger partial charge in [0.1, 0.15) is 11.5 Å². The van der Waals surface area contributed by atoms with Crippen molar-refractivity contribution in [2.75, 3.05) is 5.32 Å². The van der Waals surface area contributed by atoms with Crippen LogP contribution in [0, 0.1) is 6.92 Å². The van der Waals surface area contributed by atoms with Gasteiger partial charge in [-0.1, -0.05) is 98.3 Å². The summed E-state index contributed by atoms with van der Waals surface area (Å²) in [5, 5.41) is 16.1. The van der Waals surface area contributed by atoms with E-state index in [-0.39, 0.29) is 12.3 Å². The Morgan fingerprint density at radius 1 is 0.902 bits per heavy atom. The lowest BCUT2D eigenvalue weighted by atomic mass is 10.0. The summed E-state index contributed by atoms with van der Waals surface area (Å²) >= 11 is 0. The highest BCUT2D eigenvalue weighted by Gasteiger charge is 2.23. The van der Waals surface area contributed by atoms with Crippen molar-refractivity contribution in [2.45, 2.75) is 45.7 Å². The first-order chi connectivity index (χ1) is 19.8. The predicted molar refractivity (Wildman–Crippen MR) is 162 cm³/mol.